The van der Waals surface area contributed by atoms with E-state index in [1.165, 1.54) is 10.8 Å². The molecule has 0 aliphatic heterocycles. The summed E-state index contributed by atoms with van der Waals surface area (Å²) < 4.78 is 2.06. The zero-order valence-electron chi connectivity index (χ0n) is 19.5. The van der Waals surface area contributed by atoms with Gasteiger partial charge in [0, 0.05) is 18.0 Å². The Morgan fingerprint density at radius 3 is 2.42 bits per heavy atom. The Labute approximate surface area is 204 Å². The summed E-state index contributed by atoms with van der Waals surface area (Å²) in [4.78, 5) is 39.8. The Balaban J connectivity index is 1.87. The molecule has 0 amide bonds. The first-order chi connectivity index (χ1) is 17.2. The zero-order chi connectivity index (χ0) is 25.6. The first-order valence-electron chi connectivity index (χ1n) is 11.1. The third kappa shape index (κ3) is 3.59. The number of nitrogens with zero attached hydrogens (tertiary/aromatic N) is 6. The number of hydrogen-bond acceptors (Lipinski definition) is 8. The van der Waals surface area contributed by atoms with Gasteiger partial charge in [-0.3, -0.25) is 14.3 Å². The molecule has 0 fully saturated rings. The van der Waals surface area contributed by atoms with Crippen LogP contribution in [-0.2, 0) is 12.1 Å². The summed E-state index contributed by atoms with van der Waals surface area (Å²) in [5, 5.41) is 19.4. The summed E-state index contributed by atoms with van der Waals surface area (Å²) in [6, 6.07) is 16.1. The van der Waals surface area contributed by atoms with Crippen molar-refractivity contribution in [3.63, 3.8) is 0 Å². The van der Waals surface area contributed by atoms with Gasteiger partial charge < -0.3 is 10.8 Å². The first-order valence-corrected chi connectivity index (χ1v) is 11.1. The molecule has 10 nitrogen and oxygen atoms in total. The van der Waals surface area contributed by atoms with Crippen LogP contribution in [0.4, 0.5) is 5.82 Å². The predicted molar refractivity (Wildman–Crippen MR) is 135 cm³/mol. The van der Waals surface area contributed by atoms with Crippen LogP contribution in [0, 0.1) is 11.3 Å². The van der Waals surface area contributed by atoms with Gasteiger partial charge >= 0.3 is 5.69 Å². The molecule has 0 aliphatic rings. The topological polar surface area (TPSA) is 153 Å². The number of fused-ring (bicyclic) bond motifs is 3. The number of nitrogen functional groups attached to an aromatic ring is 1. The maximum atomic E-state index is 13.5. The number of rotatable bonds is 4. The predicted octanol–water partition coefficient (Wildman–Crippen LogP) is 2.49. The molecule has 0 unspecified atom stereocenters. The lowest BCUT2D eigenvalue weighted by Gasteiger charge is -2.18. The maximum absolute atomic E-state index is 13.5. The molecular formula is C26H21N7O3. The van der Waals surface area contributed by atoms with Crippen molar-refractivity contribution in [3.05, 3.63) is 87.3 Å². The van der Waals surface area contributed by atoms with Gasteiger partial charge in [0.2, 0.25) is 0 Å². The molecule has 1 aromatic carbocycles. The summed E-state index contributed by atoms with van der Waals surface area (Å²) in [6.45, 7) is 2.80. The van der Waals surface area contributed by atoms with Crippen LogP contribution < -0.4 is 17.0 Å². The Morgan fingerprint density at radius 2 is 1.78 bits per heavy atom. The number of pyridine rings is 3. The highest BCUT2D eigenvalue weighted by atomic mass is 16.3. The van der Waals surface area contributed by atoms with Crippen molar-refractivity contribution in [2.24, 2.45) is 0 Å². The van der Waals surface area contributed by atoms with Gasteiger partial charge in [-0.1, -0.05) is 12.1 Å². The molecule has 178 valence electrons. The molecule has 3 N–H and O–H groups in total. The third-order valence-electron chi connectivity index (χ3n) is 6.16. The van der Waals surface area contributed by atoms with Gasteiger partial charge in [-0.15, -0.1) is 0 Å². The molecule has 10 heteroatoms. The lowest BCUT2D eigenvalue weighted by molar-refractivity contribution is 0.200. The summed E-state index contributed by atoms with van der Waals surface area (Å²) in [7, 11) is 0. The second-order valence-corrected chi connectivity index (χ2v) is 8.83. The van der Waals surface area contributed by atoms with E-state index in [9.17, 15) is 20.0 Å². The van der Waals surface area contributed by atoms with Crippen LogP contribution in [0.3, 0.4) is 0 Å². The Hall–Kier alpha value is -4.88. The molecule has 36 heavy (non-hydrogen) atoms. The van der Waals surface area contributed by atoms with Gasteiger partial charge in [0.1, 0.15) is 18.1 Å². The molecule has 0 aliphatic carbocycles. The number of aromatic nitrogens is 5. The van der Waals surface area contributed by atoms with Gasteiger partial charge in [-0.05, 0) is 55.8 Å². The van der Waals surface area contributed by atoms with Crippen molar-refractivity contribution < 1.29 is 5.11 Å². The Kier molecular flexibility index (Phi) is 5.35. The van der Waals surface area contributed by atoms with Gasteiger partial charge in [-0.25, -0.2) is 19.3 Å². The van der Waals surface area contributed by atoms with E-state index in [1.807, 2.05) is 0 Å². The molecule has 0 bridgehead atoms. The fourth-order valence-corrected chi connectivity index (χ4v) is 4.06. The minimum atomic E-state index is -0.796. The van der Waals surface area contributed by atoms with Gasteiger partial charge in [-0.2, -0.15) is 5.26 Å². The van der Waals surface area contributed by atoms with E-state index < -0.39 is 23.4 Å². The average molecular weight is 480 g/mol. The molecular weight excluding hydrogens is 458 g/mol. The monoisotopic (exact) mass is 479 g/mol. The van der Waals surface area contributed by atoms with E-state index in [0.717, 1.165) is 10.1 Å². The average Bonchev–Trinajstić information content (AvgIpc) is 2.89. The lowest BCUT2D eigenvalue weighted by Crippen LogP contribution is -2.39. The van der Waals surface area contributed by atoms with Crippen LogP contribution in [0.1, 0.15) is 19.4 Å². The number of aliphatic hydroxyl groups excluding tert-OH is 1. The van der Waals surface area contributed by atoms with Gasteiger partial charge in [0.15, 0.2) is 0 Å². The third-order valence-corrected chi connectivity index (χ3v) is 6.16. The van der Waals surface area contributed by atoms with Crippen LogP contribution in [0.15, 0.2) is 70.5 Å². The van der Waals surface area contributed by atoms with Crippen LogP contribution in [0.25, 0.3) is 38.9 Å². The van der Waals surface area contributed by atoms with E-state index in [-0.39, 0.29) is 10.9 Å². The molecule has 5 aromatic rings. The maximum Gasteiger partial charge on any atom is 0.338 e. The van der Waals surface area contributed by atoms with Crippen LogP contribution in [0.2, 0.25) is 0 Å². The summed E-state index contributed by atoms with van der Waals surface area (Å²) >= 11 is 0. The van der Waals surface area contributed by atoms with Crippen molar-refractivity contribution in [3.8, 4) is 23.0 Å². The molecule has 0 radical (unpaired) electrons. The molecule has 0 saturated carbocycles. The highest BCUT2D eigenvalue weighted by Crippen LogP contribution is 2.27. The van der Waals surface area contributed by atoms with Gasteiger partial charge in [0.25, 0.3) is 5.56 Å². The second kappa shape index (κ2) is 8.41. The minimum absolute atomic E-state index is 0.123. The van der Waals surface area contributed by atoms with Crippen LogP contribution >= 0.6 is 0 Å². The summed E-state index contributed by atoms with van der Waals surface area (Å²) in [5.74, 6) is 0.369. The molecule has 5 rings (SSSR count). The Bertz CT molecular complexity index is 1800. The smallest absolute Gasteiger partial charge is 0.338 e. The quantitative estimate of drug-likeness (QED) is 0.373. The summed E-state index contributed by atoms with van der Waals surface area (Å²) in [6.07, 6.45) is 2.96. The number of anilines is 1. The van der Waals surface area contributed by atoms with Crippen LogP contribution in [-0.4, -0.2) is 29.2 Å². The van der Waals surface area contributed by atoms with E-state index in [0.29, 0.717) is 33.8 Å². The molecule has 4 heterocycles. The van der Waals surface area contributed by atoms with Crippen molar-refractivity contribution >= 4 is 27.8 Å². The van der Waals surface area contributed by atoms with Crippen molar-refractivity contribution in [2.75, 3.05) is 5.73 Å². The standard InChI is InChI=1S/C26H21N7O3/c1-26(2,13-27)16-4-6-17(7-5-16)33-23-18(24(35)32(14-34)25(33)36)12-29-20-9-8-19(31-22(20)23)15-3-10-21(28)30-11-15/h3-12,34H,14H2,1-2H3,(H2,28,30). The fourth-order valence-electron chi connectivity index (χ4n) is 4.06. The SMILES string of the molecule is CC(C)(C#N)c1ccc(-n2c(=O)n(CO)c(=O)c3cnc4ccc(-c5ccc(N)nc5)nc4c32)cc1. The molecule has 0 spiro atoms. The number of hydrogen-bond donors (Lipinski definition) is 2. The number of benzene rings is 1. The molecule has 0 saturated heterocycles. The summed E-state index contributed by atoms with van der Waals surface area (Å²) in [5.41, 5.74) is 7.12. The number of aliphatic hydroxyl groups is 1. The second-order valence-electron chi connectivity index (χ2n) is 8.83. The van der Waals surface area contributed by atoms with Crippen LogP contribution in [0.5, 0.6) is 0 Å². The van der Waals surface area contributed by atoms with Crippen molar-refractivity contribution in [2.45, 2.75) is 26.0 Å². The number of nitriles is 1. The zero-order valence-corrected chi connectivity index (χ0v) is 19.5. The highest BCUT2D eigenvalue weighted by molar-refractivity contribution is 6.01. The largest absolute Gasteiger partial charge is 0.384 e. The molecule has 4 aromatic heterocycles. The molecule has 0 atom stereocenters. The van der Waals surface area contributed by atoms with E-state index in [1.54, 1.807) is 68.6 Å². The Morgan fingerprint density at radius 1 is 1.03 bits per heavy atom. The minimum Gasteiger partial charge on any atom is -0.384 e. The van der Waals surface area contributed by atoms with E-state index >= 15 is 0 Å². The first kappa shape index (κ1) is 22.9. The van der Waals surface area contributed by atoms with Gasteiger partial charge in [0.05, 0.1) is 39.3 Å². The van der Waals surface area contributed by atoms with E-state index in [4.69, 9.17) is 10.7 Å². The van der Waals surface area contributed by atoms with Crippen molar-refractivity contribution in [1.82, 2.24) is 24.1 Å². The van der Waals surface area contributed by atoms with E-state index in [2.05, 4.69) is 16.0 Å². The fraction of sp³-hybridized carbons (Fsp3) is 0.154. The number of nitrogens with two attached hydrogens (primary N) is 1. The highest BCUT2D eigenvalue weighted by Gasteiger charge is 2.22. The van der Waals surface area contributed by atoms with Crippen molar-refractivity contribution in [1.29, 1.82) is 5.26 Å². The lowest BCUT2D eigenvalue weighted by atomic mass is 9.86. The normalized spacial score (nSPS) is 11.6.